The lowest BCUT2D eigenvalue weighted by Crippen LogP contribution is -2.10. The van der Waals surface area contributed by atoms with Gasteiger partial charge in [0.15, 0.2) is 5.58 Å². The summed E-state index contributed by atoms with van der Waals surface area (Å²) < 4.78 is 8.47. The maximum Gasteiger partial charge on any atom is 0.227 e. The van der Waals surface area contributed by atoms with E-state index in [0.717, 1.165) is 76.7 Å². The second-order valence-corrected chi connectivity index (χ2v) is 14.1. The largest absolute Gasteiger partial charge is 0.436 e. The molecule has 3 heterocycles. The van der Waals surface area contributed by atoms with Gasteiger partial charge in [-0.25, -0.2) is 15.0 Å². The van der Waals surface area contributed by atoms with Gasteiger partial charge in [-0.15, -0.1) is 22.7 Å². The third kappa shape index (κ3) is 4.94. The zero-order valence-corrected chi connectivity index (χ0v) is 28.2. The Kier molecular flexibility index (Phi) is 6.79. The molecule has 0 atom stereocenters. The average Bonchev–Trinajstić information content (AvgIpc) is 3.92. The first-order valence-corrected chi connectivity index (χ1v) is 18.0. The standard InChI is InChI=1S/C43H26N4OS2/c1-2-13-32-31(12-1)33(43-46-36-16-5-8-19-40(36)50-43)24-25-37(32)47(29-22-20-27(21-23-29)41-44-34-14-3-6-17-38(34)48-41)30-11-9-10-28(26-30)42-45-35-15-4-7-18-39(35)49-42/h1-26H. The van der Waals surface area contributed by atoms with Crippen LogP contribution < -0.4 is 4.90 Å². The molecule has 0 radical (unpaired) electrons. The number of thiazole rings is 2. The first kappa shape index (κ1) is 28.8. The van der Waals surface area contributed by atoms with Gasteiger partial charge in [0.1, 0.15) is 15.5 Å². The lowest BCUT2D eigenvalue weighted by atomic mass is 10.0. The second kappa shape index (κ2) is 11.8. The molecule has 0 unspecified atom stereocenters. The molecule has 0 saturated carbocycles. The summed E-state index contributed by atoms with van der Waals surface area (Å²) in [5.41, 5.74) is 9.91. The van der Waals surface area contributed by atoms with Gasteiger partial charge in [-0.2, -0.15) is 0 Å². The number of nitrogens with zero attached hydrogens (tertiary/aromatic N) is 4. The van der Waals surface area contributed by atoms with E-state index in [1.54, 1.807) is 22.7 Å². The van der Waals surface area contributed by atoms with Gasteiger partial charge < -0.3 is 9.32 Å². The van der Waals surface area contributed by atoms with Crippen molar-refractivity contribution in [2.45, 2.75) is 0 Å². The fraction of sp³-hybridized carbons (Fsp3) is 0. The number of para-hydroxylation sites is 4. The van der Waals surface area contributed by atoms with Crippen LogP contribution in [0, 0.1) is 0 Å². The summed E-state index contributed by atoms with van der Waals surface area (Å²) in [4.78, 5) is 17.1. The van der Waals surface area contributed by atoms with Crippen LogP contribution in [0.1, 0.15) is 0 Å². The van der Waals surface area contributed by atoms with Crippen LogP contribution >= 0.6 is 22.7 Å². The molecular formula is C43H26N4OS2. The molecule has 0 spiro atoms. The monoisotopic (exact) mass is 678 g/mol. The van der Waals surface area contributed by atoms with Crippen LogP contribution in [-0.4, -0.2) is 15.0 Å². The molecule has 0 fully saturated rings. The molecule has 50 heavy (non-hydrogen) atoms. The molecule has 0 bridgehead atoms. The van der Waals surface area contributed by atoms with Crippen LogP contribution in [0.4, 0.5) is 17.1 Å². The highest BCUT2D eigenvalue weighted by Gasteiger charge is 2.20. The number of benzene rings is 7. The highest BCUT2D eigenvalue weighted by molar-refractivity contribution is 7.22. The second-order valence-electron chi connectivity index (χ2n) is 12.1. The molecule has 236 valence electrons. The Balaban J connectivity index is 1.14. The maximum atomic E-state index is 6.11. The minimum absolute atomic E-state index is 0.604. The summed E-state index contributed by atoms with van der Waals surface area (Å²) in [6.45, 7) is 0. The molecule has 5 nitrogen and oxygen atoms in total. The van der Waals surface area contributed by atoms with Crippen molar-refractivity contribution >= 4 is 82.0 Å². The van der Waals surface area contributed by atoms with Crippen molar-refractivity contribution in [3.05, 3.63) is 158 Å². The zero-order chi connectivity index (χ0) is 33.0. The van der Waals surface area contributed by atoms with Gasteiger partial charge >= 0.3 is 0 Å². The number of hydrogen-bond acceptors (Lipinski definition) is 7. The first-order valence-electron chi connectivity index (χ1n) is 16.4. The average molecular weight is 679 g/mol. The van der Waals surface area contributed by atoms with E-state index in [1.807, 2.05) is 36.4 Å². The SMILES string of the molecule is c1cc(-c2nc3ccccc3s2)cc(N(c2ccc(-c3nc4ccccc4o3)cc2)c2ccc(-c3nc4ccccc4s3)c3ccccc23)c1. The Morgan fingerprint density at radius 3 is 1.88 bits per heavy atom. The number of aromatic nitrogens is 3. The van der Waals surface area contributed by atoms with Gasteiger partial charge in [-0.1, -0.05) is 72.8 Å². The lowest BCUT2D eigenvalue weighted by molar-refractivity contribution is 0.620. The normalized spacial score (nSPS) is 11.6. The number of rotatable bonds is 6. The van der Waals surface area contributed by atoms with Crippen molar-refractivity contribution in [2.24, 2.45) is 0 Å². The third-order valence-corrected chi connectivity index (χ3v) is 11.1. The predicted molar refractivity (Wildman–Crippen MR) is 209 cm³/mol. The lowest BCUT2D eigenvalue weighted by Gasteiger charge is -2.28. The minimum Gasteiger partial charge on any atom is -0.436 e. The molecule has 0 amide bonds. The van der Waals surface area contributed by atoms with E-state index in [9.17, 15) is 0 Å². The Labute approximate surface area is 295 Å². The fourth-order valence-electron chi connectivity index (χ4n) is 6.60. The van der Waals surface area contributed by atoms with Crippen molar-refractivity contribution in [1.82, 2.24) is 15.0 Å². The molecule has 7 aromatic carbocycles. The summed E-state index contributed by atoms with van der Waals surface area (Å²) in [6.07, 6.45) is 0. The van der Waals surface area contributed by atoms with E-state index in [2.05, 4.69) is 126 Å². The van der Waals surface area contributed by atoms with Crippen LogP contribution in [0.25, 0.3) is 74.9 Å². The van der Waals surface area contributed by atoms with Crippen LogP contribution in [0.5, 0.6) is 0 Å². The van der Waals surface area contributed by atoms with Gasteiger partial charge in [0.25, 0.3) is 0 Å². The highest BCUT2D eigenvalue weighted by Crippen LogP contribution is 2.44. The highest BCUT2D eigenvalue weighted by atomic mass is 32.1. The molecule has 10 aromatic rings. The van der Waals surface area contributed by atoms with Crippen molar-refractivity contribution < 1.29 is 4.42 Å². The van der Waals surface area contributed by atoms with Crippen LogP contribution in [0.15, 0.2) is 162 Å². The van der Waals surface area contributed by atoms with Crippen molar-refractivity contribution in [1.29, 1.82) is 0 Å². The third-order valence-electron chi connectivity index (χ3n) is 8.98. The Bertz CT molecular complexity index is 2750. The van der Waals surface area contributed by atoms with E-state index >= 15 is 0 Å². The Morgan fingerprint density at radius 2 is 1.12 bits per heavy atom. The number of hydrogen-bond donors (Lipinski definition) is 0. The summed E-state index contributed by atoms with van der Waals surface area (Å²) in [5, 5.41) is 4.30. The van der Waals surface area contributed by atoms with E-state index < -0.39 is 0 Å². The van der Waals surface area contributed by atoms with E-state index in [0.29, 0.717) is 5.89 Å². The van der Waals surface area contributed by atoms with Gasteiger partial charge in [-0.3, -0.25) is 0 Å². The van der Waals surface area contributed by atoms with Crippen LogP contribution in [0.2, 0.25) is 0 Å². The molecule has 3 aromatic heterocycles. The number of anilines is 3. The van der Waals surface area contributed by atoms with Gasteiger partial charge in [0, 0.05) is 33.5 Å². The molecule has 0 saturated heterocycles. The quantitative estimate of drug-likeness (QED) is 0.175. The Morgan fingerprint density at radius 1 is 0.460 bits per heavy atom. The molecule has 0 aliphatic rings. The molecular weight excluding hydrogens is 653 g/mol. The van der Waals surface area contributed by atoms with Crippen LogP contribution in [0.3, 0.4) is 0 Å². The topological polar surface area (TPSA) is 55.1 Å². The summed E-state index contributed by atoms with van der Waals surface area (Å²) in [6, 6.07) is 54.7. The summed E-state index contributed by atoms with van der Waals surface area (Å²) in [5.74, 6) is 0.604. The van der Waals surface area contributed by atoms with E-state index in [4.69, 9.17) is 19.4 Å². The molecule has 0 N–H and O–H groups in total. The van der Waals surface area contributed by atoms with E-state index in [-0.39, 0.29) is 0 Å². The Hall–Kier alpha value is -6.15. The number of oxazole rings is 1. The van der Waals surface area contributed by atoms with Crippen molar-refractivity contribution in [3.8, 4) is 32.6 Å². The van der Waals surface area contributed by atoms with Gasteiger partial charge in [0.2, 0.25) is 5.89 Å². The molecule has 0 aliphatic carbocycles. The van der Waals surface area contributed by atoms with E-state index in [1.165, 1.54) is 9.40 Å². The zero-order valence-electron chi connectivity index (χ0n) is 26.5. The smallest absolute Gasteiger partial charge is 0.227 e. The number of fused-ring (bicyclic) bond motifs is 4. The van der Waals surface area contributed by atoms with Crippen molar-refractivity contribution in [2.75, 3.05) is 4.90 Å². The molecule has 7 heteroatoms. The van der Waals surface area contributed by atoms with Gasteiger partial charge in [0.05, 0.1) is 26.1 Å². The summed E-state index contributed by atoms with van der Waals surface area (Å²) in [7, 11) is 0. The molecule has 0 aliphatic heterocycles. The first-order chi connectivity index (χ1) is 24.7. The predicted octanol–water partition coefficient (Wildman–Crippen LogP) is 12.7. The molecule has 10 rings (SSSR count). The minimum atomic E-state index is 0.604. The van der Waals surface area contributed by atoms with Gasteiger partial charge in [-0.05, 0) is 90.3 Å². The van der Waals surface area contributed by atoms with Crippen LogP contribution in [-0.2, 0) is 0 Å². The summed E-state index contributed by atoms with van der Waals surface area (Å²) >= 11 is 3.44. The maximum absolute atomic E-state index is 6.11. The fourth-order valence-corrected chi connectivity index (χ4v) is 8.57. The van der Waals surface area contributed by atoms with Crippen molar-refractivity contribution in [3.63, 3.8) is 0 Å².